The molecule has 0 aromatic heterocycles. The van der Waals surface area contributed by atoms with E-state index in [0.29, 0.717) is 5.41 Å². The van der Waals surface area contributed by atoms with Crippen LogP contribution in [0.1, 0.15) is 32.6 Å². The van der Waals surface area contributed by atoms with E-state index in [1.165, 1.54) is 38.8 Å². The molecule has 2 fully saturated rings. The molecule has 0 saturated carbocycles. The Kier molecular flexibility index (Phi) is 3.65. The van der Waals surface area contributed by atoms with Crippen molar-refractivity contribution in [3.05, 3.63) is 0 Å². The quantitative estimate of drug-likeness (QED) is 0.719. The van der Waals surface area contributed by atoms with Crippen LogP contribution >= 0.6 is 0 Å². The molecule has 2 aliphatic rings. The van der Waals surface area contributed by atoms with Crippen LogP contribution in [-0.4, -0.2) is 43.8 Å². The molecule has 2 N–H and O–H groups in total. The highest BCUT2D eigenvalue weighted by molar-refractivity contribution is 4.89. The van der Waals surface area contributed by atoms with Gasteiger partial charge in [-0.1, -0.05) is 6.92 Å². The van der Waals surface area contributed by atoms with Gasteiger partial charge in [0.2, 0.25) is 0 Å². The molecule has 0 bridgehead atoms. The number of ether oxygens (including phenoxy) is 1. The minimum absolute atomic E-state index is 0.517. The molecule has 2 heterocycles. The Hall–Kier alpha value is -0.120. The summed E-state index contributed by atoms with van der Waals surface area (Å²) in [5, 5.41) is 0. The third-order valence-electron chi connectivity index (χ3n) is 4.26. The predicted octanol–water partition coefficient (Wildman–Crippen LogP) is 1.23. The minimum atomic E-state index is 0.517. The van der Waals surface area contributed by atoms with Gasteiger partial charge in [0.15, 0.2) is 0 Å². The molecular formula is C12H24N2O. The average molecular weight is 212 g/mol. The lowest BCUT2D eigenvalue weighted by Gasteiger charge is -2.46. The second-order valence-corrected chi connectivity index (χ2v) is 5.15. The van der Waals surface area contributed by atoms with Crippen molar-refractivity contribution < 1.29 is 4.74 Å². The fourth-order valence-corrected chi connectivity index (χ4v) is 2.60. The maximum atomic E-state index is 5.60. The standard InChI is InChI=1S/C12H24N2O/c1-2-12(9-15-10-12)5-8-14-7-4-11(14)3-6-13/h11H,2-10,13H2,1H3. The van der Waals surface area contributed by atoms with Gasteiger partial charge in [-0.25, -0.2) is 0 Å². The van der Waals surface area contributed by atoms with Crippen molar-refractivity contribution in [3.63, 3.8) is 0 Å². The first-order valence-corrected chi connectivity index (χ1v) is 6.31. The van der Waals surface area contributed by atoms with Crippen LogP contribution in [0.5, 0.6) is 0 Å². The zero-order chi connectivity index (χ0) is 10.7. The van der Waals surface area contributed by atoms with Crippen LogP contribution in [0.2, 0.25) is 0 Å². The monoisotopic (exact) mass is 212 g/mol. The van der Waals surface area contributed by atoms with Gasteiger partial charge in [0.05, 0.1) is 13.2 Å². The molecule has 3 nitrogen and oxygen atoms in total. The van der Waals surface area contributed by atoms with Gasteiger partial charge in [-0.2, -0.15) is 0 Å². The van der Waals surface area contributed by atoms with Gasteiger partial charge < -0.3 is 15.4 Å². The van der Waals surface area contributed by atoms with E-state index in [1.807, 2.05) is 0 Å². The van der Waals surface area contributed by atoms with E-state index in [1.54, 1.807) is 0 Å². The Balaban J connectivity index is 1.69. The van der Waals surface area contributed by atoms with Gasteiger partial charge in [0, 0.05) is 11.5 Å². The molecule has 2 aliphatic heterocycles. The van der Waals surface area contributed by atoms with Crippen LogP contribution in [0.15, 0.2) is 0 Å². The summed E-state index contributed by atoms with van der Waals surface area (Å²) in [6.07, 6.45) is 5.11. The van der Waals surface area contributed by atoms with Crippen molar-refractivity contribution in [3.8, 4) is 0 Å². The van der Waals surface area contributed by atoms with Crippen molar-refractivity contribution in [2.45, 2.75) is 38.6 Å². The van der Waals surface area contributed by atoms with Crippen molar-refractivity contribution >= 4 is 0 Å². The van der Waals surface area contributed by atoms with Crippen molar-refractivity contribution in [1.82, 2.24) is 4.90 Å². The Labute approximate surface area is 93.0 Å². The Bertz CT molecular complexity index is 198. The number of hydrogen-bond donors (Lipinski definition) is 1. The maximum absolute atomic E-state index is 5.60. The van der Waals surface area contributed by atoms with Crippen LogP contribution in [0.4, 0.5) is 0 Å². The topological polar surface area (TPSA) is 38.5 Å². The molecule has 0 aliphatic carbocycles. The Morgan fingerprint density at radius 2 is 2.27 bits per heavy atom. The normalized spacial score (nSPS) is 29.6. The second-order valence-electron chi connectivity index (χ2n) is 5.15. The van der Waals surface area contributed by atoms with Gasteiger partial charge in [0.1, 0.15) is 0 Å². The zero-order valence-electron chi connectivity index (χ0n) is 9.87. The summed E-state index contributed by atoms with van der Waals surface area (Å²) in [6, 6.07) is 0.782. The maximum Gasteiger partial charge on any atom is 0.0545 e. The molecule has 0 amide bonds. The number of nitrogens with two attached hydrogens (primary N) is 1. The summed E-state index contributed by atoms with van der Waals surface area (Å²) < 4.78 is 5.35. The van der Waals surface area contributed by atoms with E-state index in [9.17, 15) is 0 Å². The first-order chi connectivity index (χ1) is 7.29. The largest absolute Gasteiger partial charge is 0.380 e. The molecule has 3 heteroatoms. The highest BCUT2D eigenvalue weighted by Crippen LogP contribution is 2.36. The lowest BCUT2D eigenvalue weighted by Crippen LogP contribution is -2.52. The van der Waals surface area contributed by atoms with E-state index in [2.05, 4.69) is 11.8 Å². The van der Waals surface area contributed by atoms with Crippen LogP contribution < -0.4 is 5.73 Å². The molecule has 2 rings (SSSR count). The summed E-state index contributed by atoms with van der Waals surface area (Å²) in [6.45, 7) is 7.63. The fourth-order valence-electron chi connectivity index (χ4n) is 2.60. The lowest BCUT2D eigenvalue weighted by atomic mass is 9.79. The summed E-state index contributed by atoms with van der Waals surface area (Å²) in [5.74, 6) is 0. The molecule has 88 valence electrons. The van der Waals surface area contributed by atoms with Crippen molar-refractivity contribution in [2.75, 3.05) is 32.8 Å². The Morgan fingerprint density at radius 3 is 2.67 bits per heavy atom. The molecular weight excluding hydrogens is 188 g/mol. The van der Waals surface area contributed by atoms with Crippen LogP contribution in [0.25, 0.3) is 0 Å². The van der Waals surface area contributed by atoms with Crippen LogP contribution in [0.3, 0.4) is 0 Å². The molecule has 15 heavy (non-hydrogen) atoms. The van der Waals surface area contributed by atoms with Gasteiger partial charge >= 0.3 is 0 Å². The molecule has 0 aromatic rings. The molecule has 0 radical (unpaired) electrons. The van der Waals surface area contributed by atoms with E-state index in [0.717, 1.165) is 25.8 Å². The van der Waals surface area contributed by atoms with Gasteiger partial charge in [0.25, 0.3) is 0 Å². The number of nitrogens with zero attached hydrogens (tertiary/aromatic N) is 1. The van der Waals surface area contributed by atoms with Crippen molar-refractivity contribution in [2.24, 2.45) is 11.1 Å². The molecule has 0 aromatic carbocycles. The van der Waals surface area contributed by atoms with E-state index in [4.69, 9.17) is 10.5 Å². The second kappa shape index (κ2) is 4.81. The van der Waals surface area contributed by atoms with E-state index in [-0.39, 0.29) is 0 Å². The van der Waals surface area contributed by atoms with Gasteiger partial charge in [-0.05, 0) is 45.3 Å². The van der Waals surface area contributed by atoms with Crippen LogP contribution in [-0.2, 0) is 4.74 Å². The number of likely N-dealkylation sites (tertiary alicyclic amines) is 1. The molecule has 0 spiro atoms. The fraction of sp³-hybridized carbons (Fsp3) is 1.00. The average Bonchev–Trinajstić information content (AvgIpc) is 2.17. The molecule has 1 atom stereocenters. The first-order valence-electron chi connectivity index (χ1n) is 6.31. The van der Waals surface area contributed by atoms with E-state index < -0.39 is 0 Å². The summed E-state index contributed by atoms with van der Waals surface area (Å²) in [7, 11) is 0. The molecule has 1 unspecified atom stereocenters. The number of rotatable bonds is 6. The van der Waals surface area contributed by atoms with Gasteiger partial charge in [-0.15, -0.1) is 0 Å². The Morgan fingerprint density at radius 1 is 1.47 bits per heavy atom. The molecule has 2 saturated heterocycles. The van der Waals surface area contributed by atoms with Crippen LogP contribution in [0, 0.1) is 5.41 Å². The number of hydrogen-bond acceptors (Lipinski definition) is 3. The highest BCUT2D eigenvalue weighted by Gasteiger charge is 2.38. The summed E-state index contributed by atoms with van der Waals surface area (Å²) in [4.78, 5) is 2.60. The lowest BCUT2D eigenvalue weighted by molar-refractivity contribution is -0.125. The summed E-state index contributed by atoms with van der Waals surface area (Å²) >= 11 is 0. The third kappa shape index (κ3) is 2.35. The van der Waals surface area contributed by atoms with E-state index >= 15 is 0 Å². The van der Waals surface area contributed by atoms with Gasteiger partial charge in [-0.3, -0.25) is 0 Å². The minimum Gasteiger partial charge on any atom is -0.380 e. The third-order valence-corrected chi connectivity index (χ3v) is 4.26. The first kappa shape index (κ1) is 11.4. The summed E-state index contributed by atoms with van der Waals surface area (Å²) in [5.41, 5.74) is 6.12. The SMILES string of the molecule is CCC1(CCN2CCC2CCN)COC1. The highest BCUT2D eigenvalue weighted by atomic mass is 16.5. The zero-order valence-corrected chi connectivity index (χ0v) is 9.87. The van der Waals surface area contributed by atoms with Crippen molar-refractivity contribution in [1.29, 1.82) is 0 Å². The predicted molar refractivity (Wildman–Crippen MR) is 61.8 cm³/mol. The smallest absolute Gasteiger partial charge is 0.0545 e.